The summed E-state index contributed by atoms with van der Waals surface area (Å²) in [6.07, 6.45) is 0. The highest BCUT2D eigenvalue weighted by atomic mass is 16.3. The number of aryl methyl sites for hydroxylation is 5. The number of nitrogens with one attached hydrogen (secondary N) is 2. The van der Waals surface area contributed by atoms with Crippen LogP contribution in [0, 0.1) is 34.6 Å². The number of hydrogen-bond acceptors (Lipinski definition) is 7. The number of phenols is 1. The maximum atomic E-state index is 9.88. The fourth-order valence-electron chi connectivity index (χ4n) is 18.3. The van der Waals surface area contributed by atoms with Gasteiger partial charge in [0, 0.05) is 88.5 Å². The Hall–Kier alpha value is -15.6. The number of rotatable bonds is 6. The van der Waals surface area contributed by atoms with Crippen molar-refractivity contribution in [3.8, 4) is 50.3 Å². The molecular weight excluding hydrogens is 1490 g/mol. The molecule has 19 aromatic carbocycles. The van der Waals surface area contributed by atoms with Crippen molar-refractivity contribution in [2.75, 3.05) is 34.4 Å². The Labute approximate surface area is 711 Å². The van der Waals surface area contributed by atoms with Gasteiger partial charge in [-0.3, -0.25) is 0 Å². The summed E-state index contributed by atoms with van der Waals surface area (Å²) < 4.78 is 0. The number of phenolic OH excluding ortho intramolecular Hbond substituents is 1. The lowest BCUT2D eigenvalue weighted by Crippen LogP contribution is -2.28. The fraction of sp³-hybridized carbons (Fsp3) is 0.0619. The van der Waals surface area contributed by atoms with Gasteiger partial charge in [-0.15, -0.1) is 0 Å². The molecule has 2 aliphatic carbocycles. The van der Waals surface area contributed by atoms with E-state index in [1.807, 2.05) is 78.9 Å². The van der Waals surface area contributed by atoms with E-state index in [1.54, 1.807) is 12.1 Å². The summed E-state index contributed by atoms with van der Waals surface area (Å²) in [5, 5.41) is 21.9. The van der Waals surface area contributed by atoms with Crippen molar-refractivity contribution in [3.05, 3.63) is 461 Å². The standard InChI is InChI=1S/C26H21N.C26H20O.C19H17N.C16H12N2.2C13H12N2/c2*1-18-10-12-19(13-11-18)26(20-14-16-21(27)17-15-20)24-8-4-2-6-22(24)23-7-3-5-9-25(23)26;1-14-2-4-15(5-3-14)16-6-8-17(9-7-16)18-10-12-19(20)13-11-18;17-13-8-4-10-2-6-12-14(18)7-3-9-1-5-11(13)16(10)15(9)12;1-8-2-4-12-10(6-8)11-7-9(14)3-5-13(11)15-12;1-8-2-4-10-11-5-3-9(14)7-13(11)15-12(10)6-8/h2-17H,27H2,1H3;2-17,27H,1H3;2-13H,20H2,1H3;1-8H,17-18H2;2*2-7,15H,14H2,1H3. The van der Waals surface area contributed by atoms with E-state index >= 15 is 0 Å². The molecule has 2 heterocycles. The predicted molar refractivity (Wildman–Crippen MR) is 518 cm³/mol. The maximum Gasteiger partial charge on any atom is 0.115 e. The van der Waals surface area contributed by atoms with Crippen LogP contribution in [0.5, 0.6) is 5.75 Å². The molecule has 2 aliphatic rings. The molecule has 122 heavy (non-hydrogen) atoms. The summed E-state index contributed by atoms with van der Waals surface area (Å²) >= 11 is 0. The molecule has 0 saturated heterocycles. The SMILES string of the molecule is Cc1ccc(-c2ccc(-c3ccc(N)cc3)cc2)cc1.Cc1ccc(C2(c3ccc(N)cc3)c3ccccc3-c3ccccc32)cc1.Cc1ccc(C2(c3ccc(O)cc3)c3ccccc3-c3ccccc32)cc1.Cc1ccc2[nH]c3ccc(N)cc3c2c1.Cc1ccc2c(c1)[nH]c1cc(N)ccc12.Nc1ccc2ccc3c(N)ccc4ccc1c2c43. The number of hydrogen-bond donors (Lipinski definition) is 9. The number of anilines is 6. The van der Waals surface area contributed by atoms with E-state index in [2.05, 4.69) is 342 Å². The van der Waals surface area contributed by atoms with Crippen LogP contribution in [0.15, 0.2) is 388 Å². The number of aromatic nitrogens is 2. The van der Waals surface area contributed by atoms with Gasteiger partial charge in [0.15, 0.2) is 0 Å². The van der Waals surface area contributed by atoms with Crippen molar-refractivity contribution < 1.29 is 5.11 Å². The third-order valence-electron chi connectivity index (χ3n) is 24.3. The zero-order valence-electron chi connectivity index (χ0n) is 68.9. The van der Waals surface area contributed by atoms with Gasteiger partial charge in [-0.2, -0.15) is 0 Å². The van der Waals surface area contributed by atoms with Crippen LogP contribution in [0.25, 0.3) is 120 Å². The molecule has 0 amide bonds. The highest BCUT2D eigenvalue weighted by Crippen LogP contribution is 2.58. The van der Waals surface area contributed by atoms with Gasteiger partial charge in [0.05, 0.1) is 10.8 Å². The molecule has 0 aliphatic heterocycles. The molecule has 21 aromatic rings. The van der Waals surface area contributed by atoms with E-state index < -0.39 is 0 Å². The lowest BCUT2D eigenvalue weighted by atomic mass is 9.67. The topological polar surface area (TPSA) is 208 Å². The number of aromatic hydroxyl groups is 1. The Bertz CT molecular complexity index is 6790. The van der Waals surface area contributed by atoms with Crippen molar-refractivity contribution in [3.63, 3.8) is 0 Å². The molecule has 592 valence electrons. The zero-order chi connectivity index (χ0) is 83.9. The Balaban J connectivity index is 0.000000102. The molecule has 9 nitrogen and oxygen atoms in total. The largest absolute Gasteiger partial charge is 0.508 e. The molecule has 0 radical (unpaired) electrons. The summed E-state index contributed by atoms with van der Waals surface area (Å²) in [6.45, 7) is 10.6. The second kappa shape index (κ2) is 32.4. The van der Waals surface area contributed by atoms with Gasteiger partial charge in [-0.1, -0.05) is 313 Å². The molecule has 0 bridgehead atoms. The molecule has 0 atom stereocenters. The molecule has 9 heteroatoms. The molecule has 15 N–H and O–H groups in total. The Morgan fingerprint density at radius 1 is 0.221 bits per heavy atom. The van der Waals surface area contributed by atoms with Crippen molar-refractivity contribution in [1.29, 1.82) is 0 Å². The van der Waals surface area contributed by atoms with Crippen LogP contribution < -0.4 is 34.4 Å². The minimum absolute atomic E-state index is 0.289. The summed E-state index contributed by atoms with van der Waals surface area (Å²) in [4.78, 5) is 6.76. The molecular formula is C113H94N8O. The monoisotopic (exact) mass is 1580 g/mol. The van der Waals surface area contributed by atoms with Crippen LogP contribution in [-0.2, 0) is 10.8 Å². The number of nitrogens with two attached hydrogens (primary N) is 6. The van der Waals surface area contributed by atoms with Crippen LogP contribution in [0.4, 0.5) is 34.1 Å². The average molecular weight is 1580 g/mol. The van der Waals surface area contributed by atoms with E-state index in [0.29, 0.717) is 0 Å². The lowest BCUT2D eigenvalue weighted by molar-refractivity contribution is 0.475. The molecule has 0 fully saturated rings. The van der Waals surface area contributed by atoms with Crippen molar-refractivity contribution >= 4 is 110 Å². The van der Waals surface area contributed by atoms with E-state index in [0.717, 1.165) is 55.9 Å². The number of fused-ring (bicyclic) bond motifs is 12. The average Bonchev–Trinajstić information content (AvgIpc) is 1.52. The third-order valence-corrected chi connectivity index (χ3v) is 24.3. The van der Waals surface area contributed by atoms with E-state index in [-0.39, 0.29) is 16.6 Å². The van der Waals surface area contributed by atoms with Gasteiger partial charge in [0.25, 0.3) is 0 Å². The maximum absolute atomic E-state index is 9.88. The smallest absolute Gasteiger partial charge is 0.115 e. The summed E-state index contributed by atoms with van der Waals surface area (Å²) in [6, 6.07) is 135. The highest BCUT2D eigenvalue weighted by molar-refractivity contribution is 6.27. The van der Waals surface area contributed by atoms with Crippen molar-refractivity contribution in [2.24, 2.45) is 0 Å². The number of nitrogen functional groups attached to an aromatic ring is 6. The first-order valence-electron chi connectivity index (χ1n) is 41.4. The Kier molecular flexibility index (Phi) is 20.6. The molecule has 0 spiro atoms. The van der Waals surface area contributed by atoms with Crippen LogP contribution in [0.3, 0.4) is 0 Å². The van der Waals surface area contributed by atoms with Gasteiger partial charge in [0.2, 0.25) is 0 Å². The van der Waals surface area contributed by atoms with Gasteiger partial charge in [-0.05, 0) is 248 Å². The van der Waals surface area contributed by atoms with Gasteiger partial charge in [-0.25, -0.2) is 0 Å². The Morgan fingerprint density at radius 3 is 0.959 bits per heavy atom. The minimum atomic E-state index is -0.380. The quantitative estimate of drug-likeness (QED) is 0.0581. The normalized spacial score (nSPS) is 12.3. The first-order chi connectivity index (χ1) is 59.4. The first kappa shape index (κ1) is 77.6. The zero-order valence-corrected chi connectivity index (χ0v) is 68.9. The molecule has 0 saturated carbocycles. The van der Waals surface area contributed by atoms with Gasteiger partial charge in [0.1, 0.15) is 5.75 Å². The van der Waals surface area contributed by atoms with Crippen molar-refractivity contribution in [2.45, 2.75) is 45.4 Å². The van der Waals surface area contributed by atoms with Crippen LogP contribution in [0.1, 0.15) is 72.3 Å². The Morgan fingerprint density at radius 2 is 0.508 bits per heavy atom. The number of aromatic amines is 2. The van der Waals surface area contributed by atoms with E-state index in [9.17, 15) is 5.11 Å². The predicted octanol–water partition coefficient (Wildman–Crippen LogP) is 27.1. The van der Waals surface area contributed by atoms with E-state index in [1.165, 1.54) is 171 Å². The summed E-state index contributed by atoms with van der Waals surface area (Å²) in [7, 11) is 0. The lowest BCUT2D eigenvalue weighted by Gasteiger charge is -2.34. The minimum Gasteiger partial charge on any atom is -0.508 e. The summed E-state index contributed by atoms with van der Waals surface area (Å²) in [5.74, 6) is 0.289. The molecule has 2 aromatic heterocycles. The van der Waals surface area contributed by atoms with E-state index in [4.69, 9.17) is 34.4 Å². The van der Waals surface area contributed by atoms with Crippen LogP contribution in [-0.4, -0.2) is 15.1 Å². The number of H-pyrrole nitrogens is 2. The third kappa shape index (κ3) is 14.4. The first-order valence-corrected chi connectivity index (χ1v) is 41.4. The second-order valence-corrected chi connectivity index (χ2v) is 32.3. The molecule has 23 rings (SSSR count). The van der Waals surface area contributed by atoms with Gasteiger partial charge >= 0.3 is 0 Å². The van der Waals surface area contributed by atoms with Crippen LogP contribution in [0.2, 0.25) is 0 Å². The van der Waals surface area contributed by atoms with Gasteiger partial charge < -0.3 is 49.5 Å². The summed E-state index contributed by atoms with van der Waals surface area (Å²) in [5.41, 5.74) is 70.8. The highest BCUT2D eigenvalue weighted by Gasteiger charge is 2.47. The van der Waals surface area contributed by atoms with Crippen LogP contribution >= 0.6 is 0 Å². The fourth-order valence-corrected chi connectivity index (χ4v) is 18.3. The second-order valence-electron chi connectivity index (χ2n) is 32.3. The number of benzene rings is 19. The molecule has 0 unspecified atom stereocenters. The van der Waals surface area contributed by atoms with Crippen molar-refractivity contribution in [1.82, 2.24) is 9.97 Å².